The Hall–Kier alpha value is -2.42. The lowest BCUT2D eigenvalue weighted by atomic mass is 9.89. The number of carbonyl (C=O) groups excluding carboxylic acids is 2. The molecule has 2 aliphatic rings. The molecule has 1 aromatic carbocycles. The SMILES string of the molecule is COC1=CC=C(OC)C2C=C(CCNC(=O)c3ccccc3I)C(=O)N=C12. The predicted octanol–water partition coefficient (Wildman–Crippen LogP) is 3.01. The fourth-order valence-corrected chi connectivity index (χ4v) is 3.62. The first kappa shape index (κ1) is 19.3. The normalized spacial score (nSPS) is 18.5. The number of ether oxygens (including phenoxy) is 2. The lowest BCUT2D eigenvalue weighted by molar-refractivity contribution is -0.114. The Morgan fingerprint density at radius 2 is 2.00 bits per heavy atom. The van der Waals surface area contributed by atoms with Crippen molar-refractivity contribution in [3.63, 3.8) is 0 Å². The van der Waals surface area contributed by atoms with E-state index in [0.717, 1.165) is 3.57 Å². The van der Waals surface area contributed by atoms with Gasteiger partial charge in [0.2, 0.25) is 0 Å². The minimum Gasteiger partial charge on any atom is -0.500 e. The van der Waals surface area contributed by atoms with Crippen LogP contribution in [0.3, 0.4) is 0 Å². The van der Waals surface area contributed by atoms with Gasteiger partial charge in [-0.3, -0.25) is 9.59 Å². The highest BCUT2D eigenvalue weighted by Gasteiger charge is 2.32. The second-order valence-electron chi connectivity index (χ2n) is 5.97. The van der Waals surface area contributed by atoms with E-state index in [1.54, 1.807) is 26.4 Å². The fourth-order valence-electron chi connectivity index (χ4n) is 2.98. The van der Waals surface area contributed by atoms with Crippen LogP contribution in [0.4, 0.5) is 0 Å². The summed E-state index contributed by atoms with van der Waals surface area (Å²) in [6.07, 6.45) is 5.78. The molecule has 0 radical (unpaired) electrons. The van der Waals surface area contributed by atoms with Gasteiger partial charge in [0.25, 0.3) is 11.8 Å². The van der Waals surface area contributed by atoms with E-state index in [9.17, 15) is 9.59 Å². The van der Waals surface area contributed by atoms with Crippen molar-refractivity contribution >= 4 is 40.1 Å². The van der Waals surface area contributed by atoms with Crippen molar-refractivity contribution in [3.8, 4) is 0 Å². The molecule has 1 aliphatic heterocycles. The second kappa shape index (κ2) is 8.51. The number of amides is 2. The molecule has 1 aliphatic carbocycles. The summed E-state index contributed by atoms with van der Waals surface area (Å²) in [6.45, 7) is 0.345. The Kier molecular flexibility index (Phi) is 6.10. The van der Waals surface area contributed by atoms with Crippen LogP contribution >= 0.6 is 22.6 Å². The molecule has 0 saturated carbocycles. The van der Waals surface area contributed by atoms with Gasteiger partial charge in [0.15, 0.2) is 0 Å². The number of allylic oxidation sites excluding steroid dienone is 4. The number of benzene rings is 1. The molecule has 6 nitrogen and oxygen atoms in total. The molecular weight excluding hydrogens is 459 g/mol. The number of halogens is 1. The number of nitrogens with zero attached hydrogens (tertiary/aromatic N) is 1. The van der Waals surface area contributed by atoms with Crippen LogP contribution in [0.25, 0.3) is 0 Å². The first-order valence-electron chi connectivity index (χ1n) is 8.41. The van der Waals surface area contributed by atoms with Crippen molar-refractivity contribution in [1.29, 1.82) is 0 Å². The number of dihydropyridines is 1. The third kappa shape index (κ3) is 4.13. The maximum Gasteiger partial charge on any atom is 0.273 e. The van der Waals surface area contributed by atoms with Crippen molar-refractivity contribution < 1.29 is 19.1 Å². The van der Waals surface area contributed by atoms with Crippen molar-refractivity contribution in [2.24, 2.45) is 10.9 Å². The van der Waals surface area contributed by atoms with Crippen LogP contribution in [0.15, 0.2) is 64.6 Å². The predicted molar refractivity (Wildman–Crippen MR) is 110 cm³/mol. The van der Waals surface area contributed by atoms with Gasteiger partial charge in [-0.25, -0.2) is 4.99 Å². The number of rotatable bonds is 6. The van der Waals surface area contributed by atoms with Gasteiger partial charge in [-0.2, -0.15) is 0 Å². The van der Waals surface area contributed by atoms with Gasteiger partial charge in [-0.05, 0) is 53.3 Å². The highest BCUT2D eigenvalue weighted by Crippen LogP contribution is 2.30. The Morgan fingerprint density at radius 3 is 2.70 bits per heavy atom. The highest BCUT2D eigenvalue weighted by atomic mass is 127. The Labute approximate surface area is 171 Å². The van der Waals surface area contributed by atoms with E-state index in [-0.39, 0.29) is 17.7 Å². The molecule has 7 heteroatoms. The summed E-state index contributed by atoms with van der Waals surface area (Å²) in [5, 5.41) is 2.86. The number of carbonyl (C=O) groups is 2. The zero-order chi connectivity index (χ0) is 19.4. The summed E-state index contributed by atoms with van der Waals surface area (Å²) in [5.41, 5.74) is 1.72. The van der Waals surface area contributed by atoms with Crippen LogP contribution in [-0.4, -0.2) is 38.3 Å². The summed E-state index contributed by atoms with van der Waals surface area (Å²) >= 11 is 2.12. The van der Waals surface area contributed by atoms with E-state index >= 15 is 0 Å². The van der Waals surface area contributed by atoms with Crippen molar-refractivity contribution in [2.75, 3.05) is 20.8 Å². The zero-order valence-corrected chi connectivity index (χ0v) is 17.1. The van der Waals surface area contributed by atoms with Crippen LogP contribution in [0, 0.1) is 9.49 Å². The Morgan fingerprint density at radius 1 is 1.22 bits per heavy atom. The molecule has 0 bridgehead atoms. The minimum atomic E-state index is -0.315. The number of methoxy groups -OCH3 is 2. The smallest absolute Gasteiger partial charge is 0.273 e. The molecule has 140 valence electrons. The number of aliphatic imine (C=N–C) groups is 1. The van der Waals surface area contributed by atoms with Crippen molar-refractivity contribution in [2.45, 2.75) is 6.42 Å². The molecular formula is C20H19IN2O4. The molecule has 1 N–H and O–H groups in total. The van der Waals surface area contributed by atoms with Crippen molar-refractivity contribution in [3.05, 3.63) is 68.7 Å². The van der Waals surface area contributed by atoms with Crippen LogP contribution in [0.2, 0.25) is 0 Å². The van der Waals surface area contributed by atoms with Crippen LogP contribution in [0.1, 0.15) is 16.8 Å². The van der Waals surface area contributed by atoms with E-state index in [4.69, 9.17) is 9.47 Å². The number of hydrogen-bond acceptors (Lipinski definition) is 4. The standard InChI is InChI=1S/C20H19IN2O4/c1-26-16-7-8-17(27-2)18-14(16)11-12(19(24)23-18)9-10-22-20(25)13-5-3-4-6-15(13)21/h3-8,11,14H,9-10H2,1-2H3,(H,22,25). The number of hydrogen-bond donors (Lipinski definition) is 1. The van der Waals surface area contributed by atoms with E-state index in [2.05, 4.69) is 32.9 Å². The minimum absolute atomic E-state index is 0.159. The topological polar surface area (TPSA) is 77.0 Å². The first-order chi connectivity index (χ1) is 13.0. The Balaban J connectivity index is 1.68. The molecule has 0 fully saturated rings. The first-order valence-corrected chi connectivity index (χ1v) is 9.49. The average molecular weight is 478 g/mol. The monoisotopic (exact) mass is 478 g/mol. The summed E-state index contributed by atoms with van der Waals surface area (Å²) in [5.74, 6) is 0.519. The molecule has 2 amide bonds. The largest absolute Gasteiger partial charge is 0.500 e. The third-order valence-electron chi connectivity index (χ3n) is 4.37. The highest BCUT2D eigenvalue weighted by molar-refractivity contribution is 14.1. The van der Waals surface area contributed by atoms with E-state index < -0.39 is 0 Å². The average Bonchev–Trinajstić information content (AvgIpc) is 2.67. The van der Waals surface area contributed by atoms with Gasteiger partial charge in [0.05, 0.1) is 25.7 Å². The summed E-state index contributed by atoms with van der Waals surface area (Å²) in [4.78, 5) is 28.9. The molecule has 27 heavy (non-hydrogen) atoms. The third-order valence-corrected chi connectivity index (χ3v) is 5.31. The van der Waals surface area contributed by atoms with Crippen LogP contribution < -0.4 is 5.32 Å². The molecule has 0 saturated heterocycles. The number of nitrogens with one attached hydrogen (secondary N) is 1. The van der Waals surface area contributed by atoms with Gasteiger partial charge in [0, 0.05) is 15.7 Å². The fraction of sp³-hybridized carbons (Fsp3) is 0.250. The zero-order valence-electron chi connectivity index (χ0n) is 15.0. The lowest BCUT2D eigenvalue weighted by Gasteiger charge is -2.26. The quantitative estimate of drug-likeness (QED) is 0.638. The van der Waals surface area contributed by atoms with Crippen LogP contribution in [-0.2, 0) is 14.3 Å². The molecule has 0 spiro atoms. The molecule has 1 heterocycles. The summed E-state index contributed by atoms with van der Waals surface area (Å²) in [6, 6.07) is 7.35. The van der Waals surface area contributed by atoms with Crippen molar-refractivity contribution in [1.82, 2.24) is 5.32 Å². The maximum absolute atomic E-state index is 12.4. The van der Waals surface area contributed by atoms with E-state index in [1.165, 1.54) is 0 Å². The molecule has 3 rings (SSSR count). The summed E-state index contributed by atoms with van der Waals surface area (Å²) < 4.78 is 11.6. The number of fused-ring (bicyclic) bond motifs is 1. The van der Waals surface area contributed by atoms with Crippen LogP contribution in [0.5, 0.6) is 0 Å². The summed E-state index contributed by atoms with van der Waals surface area (Å²) in [7, 11) is 3.13. The van der Waals surface area contributed by atoms with Gasteiger partial charge in [0.1, 0.15) is 17.2 Å². The maximum atomic E-state index is 12.4. The Bertz CT molecular complexity index is 899. The van der Waals surface area contributed by atoms with Gasteiger partial charge in [-0.15, -0.1) is 0 Å². The van der Waals surface area contributed by atoms with Gasteiger partial charge < -0.3 is 14.8 Å². The molecule has 1 aromatic rings. The van der Waals surface area contributed by atoms with Gasteiger partial charge >= 0.3 is 0 Å². The van der Waals surface area contributed by atoms with Gasteiger partial charge in [-0.1, -0.05) is 18.2 Å². The molecule has 1 atom stereocenters. The molecule has 0 aromatic heterocycles. The van der Waals surface area contributed by atoms with E-state index in [1.807, 2.05) is 30.4 Å². The van der Waals surface area contributed by atoms with E-state index in [0.29, 0.717) is 41.3 Å². The second-order valence-corrected chi connectivity index (χ2v) is 7.13. The lowest BCUT2D eigenvalue weighted by Crippen LogP contribution is -2.30. The molecule has 1 unspecified atom stereocenters.